The van der Waals surface area contributed by atoms with Crippen LogP contribution < -0.4 is 4.74 Å². The van der Waals surface area contributed by atoms with Gasteiger partial charge in [-0.1, -0.05) is 29.8 Å². The predicted octanol–water partition coefficient (Wildman–Crippen LogP) is 4.51. The van der Waals surface area contributed by atoms with Gasteiger partial charge in [-0.25, -0.2) is 4.79 Å². The molecule has 0 heterocycles. The maximum Gasteiger partial charge on any atom is 0.348 e. The van der Waals surface area contributed by atoms with Crippen LogP contribution in [-0.2, 0) is 9.53 Å². The minimum atomic E-state index is -0.797. The first kappa shape index (κ1) is 19.0. The van der Waals surface area contributed by atoms with Gasteiger partial charge in [0.15, 0.2) is 0 Å². The quantitative estimate of drug-likeness (QED) is 0.243. The Bertz CT molecular complexity index is 918. The van der Waals surface area contributed by atoms with Crippen molar-refractivity contribution in [3.05, 3.63) is 68.7 Å². The van der Waals surface area contributed by atoms with E-state index in [1.54, 1.807) is 37.3 Å². The van der Waals surface area contributed by atoms with Crippen LogP contribution in [0.4, 0.5) is 5.69 Å². The Morgan fingerprint density at radius 2 is 2.04 bits per heavy atom. The van der Waals surface area contributed by atoms with Crippen molar-refractivity contribution in [3.8, 4) is 17.6 Å². The predicted molar refractivity (Wildman–Crippen MR) is 94.8 cm³/mol. The van der Waals surface area contributed by atoms with Crippen LogP contribution in [0.15, 0.2) is 48.0 Å². The zero-order valence-corrected chi connectivity index (χ0v) is 14.4. The highest BCUT2D eigenvalue weighted by Crippen LogP contribution is 2.35. The third kappa shape index (κ3) is 4.59. The number of para-hydroxylation sites is 1. The average Bonchev–Trinajstić information content (AvgIpc) is 2.62. The molecule has 0 fully saturated rings. The Morgan fingerprint density at radius 1 is 1.31 bits per heavy atom. The first-order chi connectivity index (χ1) is 12.5. The zero-order chi connectivity index (χ0) is 19.1. The number of carbonyl (C=O) groups is 1. The van der Waals surface area contributed by atoms with Crippen LogP contribution in [0.5, 0.6) is 11.5 Å². The maximum absolute atomic E-state index is 11.7. The lowest BCUT2D eigenvalue weighted by molar-refractivity contribution is -0.385. The number of nitro benzene ring substituents is 1. The van der Waals surface area contributed by atoms with Gasteiger partial charge < -0.3 is 9.47 Å². The summed E-state index contributed by atoms with van der Waals surface area (Å²) in [4.78, 5) is 22.4. The molecule has 2 aromatic carbocycles. The van der Waals surface area contributed by atoms with Gasteiger partial charge in [-0.05, 0) is 36.8 Å². The summed E-state index contributed by atoms with van der Waals surface area (Å²) >= 11 is 6.00. The van der Waals surface area contributed by atoms with Crippen molar-refractivity contribution < 1.29 is 19.2 Å². The summed E-state index contributed by atoms with van der Waals surface area (Å²) in [5, 5.41) is 20.7. The summed E-state index contributed by atoms with van der Waals surface area (Å²) in [6, 6.07) is 12.3. The van der Waals surface area contributed by atoms with E-state index >= 15 is 0 Å². The largest absolute Gasteiger partial charge is 0.462 e. The molecule has 0 aliphatic heterocycles. The second-order valence-corrected chi connectivity index (χ2v) is 5.31. The Labute approximate surface area is 154 Å². The summed E-state index contributed by atoms with van der Waals surface area (Å²) in [6.45, 7) is 1.72. The number of halogens is 1. The molecule has 2 rings (SSSR count). The number of nitriles is 1. The van der Waals surface area contributed by atoms with Crippen LogP contribution in [-0.4, -0.2) is 17.5 Å². The summed E-state index contributed by atoms with van der Waals surface area (Å²) in [5.41, 5.74) is -0.312. The van der Waals surface area contributed by atoms with E-state index in [0.29, 0.717) is 5.02 Å². The minimum absolute atomic E-state index is 0.0186. The molecule has 7 nitrogen and oxygen atoms in total. The normalized spacial score (nSPS) is 10.7. The number of ether oxygens (including phenoxy) is 2. The lowest BCUT2D eigenvalue weighted by Gasteiger charge is -2.08. The molecule has 0 atom stereocenters. The second kappa shape index (κ2) is 8.65. The van der Waals surface area contributed by atoms with Crippen molar-refractivity contribution >= 4 is 29.3 Å². The third-order valence-electron chi connectivity index (χ3n) is 3.16. The SMILES string of the molecule is CCOC(=O)/C(C#N)=C/c1ccc(Oc2ccccc2Cl)c([N+](=O)[O-])c1. The number of benzene rings is 2. The first-order valence-corrected chi connectivity index (χ1v) is 7.83. The molecular formula is C18H13ClN2O5. The first-order valence-electron chi connectivity index (χ1n) is 7.46. The number of nitro groups is 1. The van der Waals surface area contributed by atoms with Crippen molar-refractivity contribution in [2.75, 3.05) is 6.61 Å². The third-order valence-corrected chi connectivity index (χ3v) is 3.48. The Kier molecular flexibility index (Phi) is 6.31. The van der Waals surface area contributed by atoms with E-state index in [1.807, 2.05) is 0 Å². The molecular weight excluding hydrogens is 360 g/mol. The molecule has 0 spiro atoms. The molecule has 0 aliphatic carbocycles. The Hall–Kier alpha value is -3.37. The fourth-order valence-electron chi connectivity index (χ4n) is 2.01. The van der Waals surface area contributed by atoms with Crippen molar-refractivity contribution in [1.29, 1.82) is 5.26 Å². The Morgan fingerprint density at radius 3 is 2.65 bits per heavy atom. The van der Waals surface area contributed by atoms with E-state index in [-0.39, 0.29) is 34.9 Å². The molecule has 0 unspecified atom stereocenters. The number of hydrogen-bond acceptors (Lipinski definition) is 6. The standard InChI is InChI=1S/C18H13ClN2O5/c1-2-25-18(22)13(11-20)9-12-7-8-17(15(10-12)21(23)24)26-16-6-4-3-5-14(16)19/h3-10H,2H2,1H3/b13-9+. The smallest absolute Gasteiger partial charge is 0.348 e. The fraction of sp³-hybridized carbons (Fsp3) is 0.111. The maximum atomic E-state index is 11.7. The van der Waals surface area contributed by atoms with Crippen molar-refractivity contribution in [2.45, 2.75) is 6.92 Å². The summed E-state index contributed by atoms with van der Waals surface area (Å²) in [6.07, 6.45) is 1.21. The summed E-state index contributed by atoms with van der Waals surface area (Å²) in [7, 11) is 0. The lowest BCUT2D eigenvalue weighted by atomic mass is 10.1. The molecule has 0 N–H and O–H groups in total. The molecule has 0 aliphatic rings. The Balaban J connectivity index is 2.40. The van der Waals surface area contributed by atoms with Gasteiger partial charge in [0.05, 0.1) is 16.6 Å². The van der Waals surface area contributed by atoms with Gasteiger partial charge in [-0.3, -0.25) is 10.1 Å². The van der Waals surface area contributed by atoms with Crippen molar-refractivity contribution in [1.82, 2.24) is 0 Å². The molecule has 8 heteroatoms. The van der Waals surface area contributed by atoms with E-state index in [1.165, 1.54) is 24.3 Å². The van der Waals surface area contributed by atoms with Crippen molar-refractivity contribution in [3.63, 3.8) is 0 Å². The van der Waals surface area contributed by atoms with E-state index in [0.717, 1.165) is 0 Å². The van der Waals surface area contributed by atoms with Crippen LogP contribution in [0.3, 0.4) is 0 Å². The van der Waals surface area contributed by atoms with Gasteiger partial charge in [0.1, 0.15) is 17.4 Å². The fourth-order valence-corrected chi connectivity index (χ4v) is 2.19. The number of carbonyl (C=O) groups excluding carboxylic acids is 1. The second-order valence-electron chi connectivity index (χ2n) is 4.91. The van der Waals surface area contributed by atoms with Crippen LogP contribution in [0.1, 0.15) is 12.5 Å². The average molecular weight is 373 g/mol. The molecule has 0 bridgehead atoms. The van der Waals surface area contributed by atoms with Gasteiger partial charge in [0, 0.05) is 6.07 Å². The van der Waals surface area contributed by atoms with Gasteiger partial charge in [0.2, 0.25) is 5.75 Å². The topological polar surface area (TPSA) is 102 Å². The number of rotatable bonds is 6. The van der Waals surface area contributed by atoms with Crippen LogP contribution in [0, 0.1) is 21.4 Å². The van der Waals surface area contributed by atoms with Crippen LogP contribution in [0.2, 0.25) is 5.02 Å². The molecule has 26 heavy (non-hydrogen) atoms. The summed E-state index contributed by atoms with van der Waals surface area (Å²) < 4.78 is 10.3. The number of nitrogens with zero attached hydrogens (tertiary/aromatic N) is 2. The zero-order valence-electron chi connectivity index (χ0n) is 13.6. The number of hydrogen-bond donors (Lipinski definition) is 0. The highest BCUT2D eigenvalue weighted by Gasteiger charge is 2.18. The van der Waals surface area contributed by atoms with Crippen LogP contribution >= 0.6 is 11.6 Å². The van der Waals surface area contributed by atoms with Gasteiger partial charge in [-0.2, -0.15) is 5.26 Å². The van der Waals surface area contributed by atoms with Gasteiger partial charge in [-0.15, -0.1) is 0 Å². The van der Waals surface area contributed by atoms with Gasteiger partial charge >= 0.3 is 11.7 Å². The van der Waals surface area contributed by atoms with Crippen molar-refractivity contribution in [2.24, 2.45) is 0 Å². The van der Waals surface area contributed by atoms with Crippen LogP contribution in [0.25, 0.3) is 6.08 Å². The monoisotopic (exact) mass is 372 g/mol. The van der Waals surface area contributed by atoms with E-state index in [9.17, 15) is 14.9 Å². The highest BCUT2D eigenvalue weighted by atomic mass is 35.5. The highest BCUT2D eigenvalue weighted by molar-refractivity contribution is 6.32. The molecule has 2 aromatic rings. The van der Waals surface area contributed by atoms with Gasteiger partial charge in [0.25, 0.3) is 0 Å². The number of esters is 1. The van der Waals surface area contributed by atoms with E-state index < -0.39 is 10.9 Å². The molecule has 0 radical (unpaired) electrons. The lowest BCUT2D eigenvalue weighted by Crippen LogP contribution is -2.06. The summed E-state index contributed by atoms with van der Waals surface area (Å²) in [5.74, 6) is -0.547. The molecule has 0 saturated carbocycles. The van der Waals surface area contributed by atoms with E-state index in [2.05, 4.69) is 0 Å². The van der Waals surface area contributed by atoms with E-state index in [4.69, 9.17) is 26.3 Å². The molecule has 132 valence electrons. The minimum Gasteiger partial charge on any atom is -0.462 e. The molecule has 0 amide bonds. The molecule has 0 saturated heterocycles. The molecule has 0 aromatic heterocycles.